The summed E-state index contributed by atoms with van der Waals surface area (Å²) in [4.78, 5) is 0. The molecule has 0 aromatic heterocycles. The Kier molecular flexibility index (Phi) is 6.59. The van der Waals surface area contributed by atoms with E-state index in [2.05, 4.69) is 68.1 Å². The molecular formula is C22H26. The summed E-state index contributed by atoms with van der Waals surface area (Å²) >= 11 is 0. The minimum absolute atomic E-state index is 0. The lowest BCUT2D eigenvalue weighted by Gasteiger charge is -2.08. The number of fused-ring (bicyclic) bond motifs is 3. The molecule has 0 aliphatic carbocycles. The fourth-order valence-corrected chi connectivity index (χ4v) is 2.54. The Morgan fingerprint density at radius 1 is 0.864 bits per heavy atom. The molecule has 0 aliphatic heterocycles. The molecule has 3 aromatic carbocycles. The largest absolute Gasteiger partial charge is 0.0991 e. The van der Waals surface area contributed by atoms with Crippen LogP contribution in [0.15, 0.2) is 67.3 Å². The van der Waals surface area contributed by atoms with Gasteiger partial charge < -0.3 is 0 Å². The summed E-state index contributed by atoms with van der Waals surface area (Å²) in [6.07, 6.45) is 5.91. The zero-order valence-corrected chi connectivity index (χ0v) is 13.1. The van der Waals surface area contributed by atoms with E-state index in [4.69, 9.17) is 0 Å². The summed E-state index contributed by atoms with van der Waals surface area (Å²) in [5, 5.41) is 5.21. The van der Waals surface area contributed by atoms with Gasteiger partial charge in [0.1, 0.15) is 0 Å². The van der Waals surface area contributed by atoms with Gasteiger partial charge in [-0.15, -0.1) is 0 Å². The summed E-state index contributed by atoms with van der Waals surface area (Å²) in [7, 11) is 0. The first-order valence-corrected chi connectivity index (χ1v) is 7.51. The molecule has 0 fully saturated rings. The highest BCUT2D eigenvalue weighted by molar-refractivity contribution is 6.08. The molecule has 0 aliphatic rings. The number of allylic oxidation sites excluding steroid dienone is 2. The van der Waals surface area contributed by atoms with E-state index in [0.29, 0.717) is 0 Å². The molecule has 0 unspecified atom stereocenters. The third-order valence-corrected chi connectivity index (χ3v) is 3.54. The van der Waals surface area contributed by atoms with Crippen molar-refractivity contribution in [3.63, 3.8) is 0 Å². The van der Waals surface area contributed by atoms with Crippen molar-refractivity contribution >= 4 is 27.6 Å². The first kappa shape index (κ1) is 17.7. The van der Waals surface area contributed by atoms with Crippen LogP contribution in [0.1, 0.15) is 32.4 Å². The van der Waals surface area contributed by atoms with Crippen LogP contribution in [0.2, 0.25) is 0 Å². The molecule has 3 aromatic rings. The molecule has 0 saturated carbocycles. The van der Waals surface area contributed by atoms with Crippen molar-refractivity contribution in [2.45, 2.75) is 28.2 Å². The number of benzene rings is 3. The Balaban J connectivity index is 0.000000775. The van der Waals surface area contributed by atoms with Crippen molar-refractivity contribution in [2.75, 3.05) is 0 Å². The molecule has 114 valence electrons. The molecule has 0 amide bonds. The van der Waals surface area contributed by atoms with Gasteiger partial charge in [-0.2, -0.15) is 0 Å². The van der Waals surface area contributed by atoms with Crippen LogP contribution in [0.5, 0.6) is 0 Å². The summed E-state index contributed by atoms with van der Waals surface area (Å²) < 4.78 is 0. The highest BCUT2D eigenvalue weighted by atomic mass is 14.1. The normalized spacial score (nSPS) is 10.1. The summed E-state index contributed by atoms with van der Waals surface area (Å²) in [6, 6.07) is 17.4. The number of hydrogen-bond donors (Lipinski definition) is 0. The average Bonchev–Trinajstić information content (AvgIpc) is 2.54. The average molecular weight is 290 g/mol. The van der Waals surface area contributed by atoms with E-state index in [9.17, 15) is 0 Å². The van der Waals surface area contributed by atoms with Gasteiger partial charge in [-0.3, -0.25) is 0 Å². The third-order valence-electron chi connectivity index (χ3n) is 3.54. The lowest BCUT2D eigenvalue weighted by molar-refractivity contribution is 1.48. The molecule has 3 rings (SSSR count). The van der Waals surface area contributed by atoms with Crippen LogP contribution >= 0.6 is 0 Å². The van der Waals surface area contributed by atoms with Crippen molar-refractivity contribution in [1.82, 2.24) is 0 Å². The summed E-state index contributed by atoms with van der Waals surface area (Å²) in [5.41, 5.74) is 2.55. The van der Waals surface area contributed by atoms with Gasteiger partial charge in [-0.25, -0.2) is 0 Å². The Hall–Kier alpha value is -2.34. The van der Waals surface area contributed by atoms with Crippen LogP contribution in [0, 0.1) is 6.92 Å². The van der Waals surface area contributed by atoms with Crippen LogP contribution in [0.25, 0.3) is 27.6 Å². The molecule has 0 heterocycles. The van der Waals surface area contributed by atoms with Gasteiger partial charge in [0.15, 0.2) is 0 Å². The van der Waals surface area contributed by atoms with Crippen molar-refractivity contribution in [2.24, 2.45) is 0 Å². The fraction of sp³-hybridized carbons (Fsp3) is 0.182. The fourth-order valence-electron chi connectivity index (χ4n) is 2.54. The van der Waals surface area contributed by atoms with Gasteiger partial charge in [0.05, 0.1) is 0 Å². The maximum atomic E-state index is 3.73. The van der Waals surface area contributed by atoms with Crippen LogP contribution in [-0.2, 0) is 0 Å². The van der Waals surface area contributed by atoms with E-state index < -0.39 is 0 Å². The van der Waals surface area contributed by atoms with Crippen molar-refractivity contribution in [3.8, 4) is 0 Å². The second-order valence-corrected chi connectivity index (χ2v) is 4.81. The summed E-state index contributed by atoms with van der Waals surface area (Å²) in [6.45, 7) is 9.88. The smallest absolute Gasteiger partial charge is 0.00993 e. The second kappa shape index (κ2) is 8.19. The van der Waals surface area contributed by atoms with Crippen LogP contribution in [0.3, 0.4) is 0 Å². The lowest BCUT2D eigenvalue weighted by Crippen LogP contribution is -1.84. The van der Waals surface area contributed by atoms with E-state index in [1.807, 2.05) is 26.0 Å². The molecule has 0 heteroatoms. The van der Waals surface area contributed by atoms with Gasteiger partial charge in [-0.1, -0.05) is 88.5 Å². The van der Waals surface area contributed by atoms with E-state index in [0.717, 1.165) is 0 Å². The number of rotatable bonds is 2. The van der Waals surface area contributed by atoms with Crippen LogP contribution < -0.4 is 0 Å². The summed E-state index contributed by atoms with van der Waals surface area (Å²) in [5.74, 6) is 0. The predicted octanol–water partition coefficient (Wildman–Crippen LogP) is 7.16. The van der Waals surface area contributed by atoms with Crippen LogP contribution in [-0.4, -0.2) is 0 Å². The predicted molar refractivity (Wildman–Crippen MR) is 104 cm³/mol. The molecule has 0 spiro atoms. The molecule has 22 heavy (non-hydrogen) atoms. The van der Waals surface area contributed by atoms with Crippen molar-refractivity contribution in [3.05, 3.63) is 78.4 Å². The lowest BCUT2D eigenvalue weighted by atomic mass is 9.97. The zero-order valence-electron chi connectivity index (χ0n) is 13.1. The van der Waals surface area contributed by atoms with Crippen molar-refractivity contribution in [1.29, 1.82) is 0 Å². The maximum Gasteiger partial charge on any atom is -0.00993 e. The Bertz CT molecular complexity index is 792. The van der Waals surface area contributed by atoms with Gasteiger partial charge in [0.25, 0.3) is 0 Å². The van der Waals surface area contributed by atoms with Crippen LogP contribution in [0.4, 0.5) is 0 Å². The molecule has 0 bridgehead atoms. The van der Waals surface area contributed by atoms with E-state index in [-0.39, 0.29) is 7.43 Å². The molecule has 0 saturated heterocycles. The van der Waals surface area contributed by atoms with E-state index >= 15 is 0 Å². The van der Waals surface area contributed by atoms with Gasteiger partial charge in [0, 0.05) is 0 Å². The van der Waals surface area contributed by atoms with E-state index in [1.165, 1.54) is 32.7 Å². The zero-order chi connectivity index (χ0) is 15.2. The number of aryl methyl sites for hydroxylation is 1. The molecular weight excluding hydrogens is 264 g/mol. The van der Waals surface area contributed by atoms with E-state index in [1.54, 1.807) is 0 Å². The highest BCUT2D eigenvalue weighted by Crippen LogP contribution is 2.28. The molecule has 0 atom stereocenters. The quantitative estimate of drug-likeness (QED) is 0.347. The number of hydrogen-bond acceptors (Lipinski definition) is 0. The molecule has 0 N–H and O–H groups in total. The Morgan fingerprint density at radius 3 is 2.27 bits per heavy atom. The Morgan fingerprint density at radius 2 is 1.55 bits per heavy atom. The standard InChI is InChI=1S/C19H16.C2H6.CH4/c1-3-4-7-16-13-19-17(12-14(16)2)11-10-15-8-5-6-9-18(15)19;1-2;/h3-13H,1H2,2H3;1-2H3;1H4/b7-4-;;. The highest BCUT2D eigenvalue weighted by Gasteiger charge is 2.03. The SMILES string of the molecule is C.C=C/C=C\c1cc2c(ccc3ccccc32)cc1C.CC. The first-order valence-electron chi connectivity index (χ1n) is 7.51. The minimum atomic E-state index is 0. The Labute approximate surface area is 134 Å². The maximum absolute atomic E-state index is 3.73. The van der Waals surface area contributed by atoms with Gasteiger partial charge in [-0.05, 0) is 45.7 Å². The second-order valence-electron chi connectivity index (χ2n) is 4.81. The van der Waals surface area contributed by atoms with Gasteiger partial charge in [0.2, 0.25) is 0 Å². The topological polar surface area (TPSA) is 0 Å². The van der Waals surface area contributed by atoms with Crippen molar-refractivity contribution < 1.29 is 0 Å². The minimum Gasteiger partial charge on any atom is -0.0991 e. The van der Waals surface area contributed by atoms with Gasteiger partial charge >= 0.3 is 0 Å². The molecule has 0 radical (unpaired) electrons. The monoisotopic (exact) mass is 290 g/mol. The first-order chi connectivity index (χ1) is 10.3. The third kappa shape index (κ3) is 3.46. The molecule has 0 nitrogen and oxygen atoms in total.